The third-order valence-electron chi connectivity index (χ3n) is 3.04. The number of nitrogens with one attached hydrogen (secondary N) is 2. The summed E-state index contributed by atoms with van der Waals surface area (Å²) in [6.07, 6.45) is 2.61. The number of thiophene rings is 1. The Kier molecular flexibility index (Phi) is 5.71. The number of anilines is 1. The summed E-state index contributed by atoms with van der Waals surface area (Å²) < 4.78 is 1.76. The molecule has 0 aliphatic rings. The van der Waals surface area contributed by atoms with Crippen LogP contribution < -0.4 is 10.6 Å². The molecule has 0 unspecified atom stereocenters. The highest BCUT2D eigenvalue weighted by molar-refractivity contribution is 7.12. The molecule has 2 amide bonds. The standard InChI is InChI=1S/C15H20N4O2S/c1-11(2)19-13(7-9-17-19)18-14(20)6-3-8-16-15(21)12-5-4-10-22-12/h4-5,7,9-11H,3,6,8H2,1-2H3,(H,16,21)(H,18,20). The van der Waals surface area contributed by atoms with Crippen molar-refractivity contribution in [3.63, 3.8) is 0 Å². The van der Waals surface area contributed by atoms with Crippen molar-refractivity contribution in [3.8, 4) is 0 Å². The first-order valence-corrected chi connectivity index (χ1v) is 8.11. The van der Waals surface area contributed by atoms with Gasteiger partial charge in [-0.3, -0.25) is 9.59 Å². The van der Waals surface area contributed by atoms with Gasteiger partial charge in [-0.15, -0.1) is 11.3 Å². The van der Waals surface area contributed by atoms with Crippen molar-refractivity contribution in [1.29, 1.82) is 0 Å². The fraction of sp³-hybridized carbons (Fsp3) is 0.400. The lowest BCUT2D eigenvalue weighted by Gasteiger charge is -2.11. The SMILES string of the molecule is CC(C)n1nccc1NC(=O)CCCNC(=O)c1cccs1. The fourth-order valence-corrected chi connectivity index (χ4v) is 2.62. The van der Waals surface area contributed by atoms with Crippen LogP contribution in [0, 0.1) is 0 Å². The number of carbonyl (C=O) groups excluding carboxylic acids is 2. The largest absolute Gasteiger partial charge is 0.351 e. The zero-order valence-electron chi connectivity index (χ0n) is 12.7. The van der Waals surface area contributed by atoms with E-state index in [0.29, 0.717) is 30.1 Å². The molecule has 0 aliphatic heterocycles. The van der Waals surface area contributed by atoms with Gasteiger partial charge in [0, 0.05) is 25.1 Å². The summed E-state index contributed by atoms with van der Waals surface area (Å²) in [7, 11) is 0. The van der Waals surface area contributed by atoms with Crippen LogP contribution in [0.1, 0.15) is 42.4 Å². The molecule has 2 N–H and O–H groups in total. The van der Waals surface area contributed by atoms with E-state index in [9.17, 15) is 9.59 Å². The highest BCUT2D eigenvalue weighted by Gasteiger charge is 2.10. The van der Waals surface area contributed by atoms with Gasteiger partial charge in [0.2, 0.25) is 5.91 Å². The number of aromatic nitrogens is 2. The van der Waals surface area contributed by atoms with Gasteiger partial charge in [-0.25, -0.2) is 4.68 Å². The van der Waals surface area contributed by atoms with Crippen LogP contribution in [-0.4, -0.2) is 28.1 Å². The van der Waals surface area contributed by atoms with Gasteiger partial charge in [-0.2, -0.15) is 5.10 Å². The lowest BCUT2D eigenvalue weighted by molar-refractivity contribution is -0.116. The van der Waals surface area contributed by atoms with E-state index < -0.39 is 0 Å². The number of nitrogens with zero attached hydrogens (tertiary/aromatic N) is 2. The fourth-order valence-electron chi connectivity index (χ4n) is 1.98. The Balaban J connectivity index is 1.70. The monoisotopic (exact) mass is 320 g/mol. The van der Waals surface area contributed by atoms with Gasteiger partial charge < -0.3 is 10.6 Å². The molecular formula is C15H20N4O2S. The predicted molar refractivity (Wildman–Crippen MR) is 87.1 cm³/mol. The number of rotatable bonds is 7. The summed E-state index contributed by atoms with van der Waals surface area (Å²) in [6, 6.07) is 5.58. The van der Waals surface area contributed by atoms with Gasteiger partial charge in [0.15, 0.2) is 0 Å². The van der Waals surface area contributed by atoms with E-state index in [1.54, 1.807) is 23.0 Å². The Morgan fingerprint density at radius 1 is 1.36 bits per heavy atom. The first-order chi connectivity index (χ1) is 10.6. The highest BCUT2D eigenvalue weighted by Crippen LogP contribution is 2.13. The molecule has 0 saturated heterocycles. The molecule has 0 aliphatic carbocycles. The first-order valence-electron chi connectivity index (χ1n) is 7.23. The van der Waals surface area contributed by atoms with Crippen LogP contribution in [0.15, 0.2) is 29.8 Å². The van der Waals surface area contributed by atoms with E-state index in [2.05, 4.69) is 15.7 Å². The second-order valence-corrected chi connectivity index (χ2v) is 6.09. The zero-order chi connectivity index (χ0) is 15.9. The van der Waals surface area contributed by atoms with Crippen LogP contribution in [0.2, 0.25) is 0 Å². The Hall–Kier alpha value is -2.15. The molecular weight excluding hydrogens is 300 g/mol. The van der Waals surface area contributed by atoms with Crippen LogP contribution >= 0.6 is 11.3 Å². The molecule has 0 bridgehead atoms. The predicted octanol–water partition coefficient (Wildman–Crippen LogP) is 2.67. The van der Waals surface area contributed by atoms with Crippen molar-refractivity contribution < 1.29 is 9.59 Å². The maximum Gasteiger partial charge on any atom is 0.261 e. The van der Waals surface area contributed by atoms with E-state index in [0.717, 1.165) is 0 Å². The second-order valence-electron chi connectivity index (χ2n) is 5.14. The number of carbonyl (C=O) groups is 2. The molecule has 118 valence electrons. The van der Waals surface area contributed by atoms with Crippen LogP contribution in [-0.2, 0) is 4.79 Å². The molecule has 0 fully saturated rings. The van der Waals surface area contributed by atoms with Gasteiger partial charge in [0.1, 0.15) is 5.82 Å². The molecule has 2 aromatic rings. The lowest BCUT2D eigenvalue weighted by atomic mass is 10.3. The van der Waals surface area contributed by atoms with E-state index in [1.165, 1.54) is 11.3 Å². The van der Waals surface area contributed by atoms with E-state index in [1.807, 2.05) is 25.3 Å². The average Bonchev–Trinajstić information content (AvgIpc) is 3.14. The van der Waals surface area contributed by atoms with Gasteiger partial charge in [0.25, 0.3) is 5.91 Å². The van der Waals surface area contributed by atoms with Crippen LogP contribution in [0.5, 0.6) is 0 Å². The quantitative estimate of drug-likeness (QED) is 0.770. The summed E-state index contributed by atoms with van der Waals surface area (Å²) in [5, 5.41) is 11.7. The Morgan fingerprint density at radius 3 is 2.86 bits per heavy atom. The molecule has 2 heterocycles. The Bertz CT molecular complexity index is 619. The molecule has 0 aromatic carbocycles. The van der Waals surface area contributed by atoms with Crippen molar-refractivity contribution >= 4 is 29.0 Å². The molecule has 2 aromatic heterocycles. The smallest absolute Gasteiger partial charge is 0.261 e. The molecule has 6 nitrogen and oxygen atoms in total. The van der Waals surface area contributed by atoms with E-state index in [4.69, 9.17) is 0 Å². The molecule has 7 heteroatoms. The van der Waals surface area contributed by atoms with Crippen molar-refractivity contribution in [2.45, 2.75) is 32.7 Å². The molecule has 0 radical (unpaired) electrons. The van der Waals surface area contributed by atoms with Crippen molar-refractivity contribution in [2.75, 3.05) is 11.9 Å². The van der Waals surface area contributed by atoms with Crippen molar-refractivity contribution in [3.05, 3.63) is 34.7 Å². The third kappa shape index (κ3) is 4.42. The Labute approximate surface area is 133 Å². The van der Waals surface area contributed by atoms with E-state index in [-0.39, 0.29) is 17.9 Å². The van der Waals surface area contributed by atoms with Gasteiger partial charge >= 0.3 is 0 Å². The summed E-state index contributed by atoms with van der Waals surface area (Å²) in [4.78, 5) is 24.3. The lowest BCUT2D eigenvalue weighted by Crippen LogP contribution is -2.25. The molecule has 0 saturated carbocycles. The zero-order valence-corrected chi connectivity index (χ0v) is 13.5. The van der Waals surface area contributed by atoms with Crippen molar-refractivity contribution in [1.82, 2.24) is 15.1 Å². The molecule has 22 heavy (non-hydrogen) atoms. The minimum atomic E-state index is -0.0895. The molecule has 0 spiro atoms. The summed E-state index contributed by atoms with van der Waals surface area (Å²) in [5.74, 6) is 0.531. The normalized spacial score (nSPS) is 10.7. The van der Waals surface area contributed by atoms with Crippen LogP contribution in [0.25, 0.3) is 0 Å². The van der Waals surface area contributed by atoms with Gasteiger partial charge in [-0.05, 0) is 31.7 Å². The number of amides is 2. The molecule has 2 rings (SSSR count). The van der Waals surface area contributed by atoms with Gasteiger partial charge in [0.05, 0.1) is 11.1 Å². The minimum Gasteiger partial charge on any atom is -0.351 e. The topological polar surface area (TPSA) is 76.0 Å². The molecule has 0 atom stereocenters. The van der Waals surface area contributed by atoms with E-state index >= 15 is 0 Å². The maximum absolute atomic E-state index is 11.9. The summed E-state index contributed by atoms with van der Waals surface area (Å²) in [5.41, 5.74) is 0. The summed E-state index contributed by atoms with van der Waals surface area (Å²) >= 11 is 1.40. The van der Waals surface area contributed by atoms with Gasteiger partial charge in [-0.1, -0.05) is 6.07 Å². The summed E-state index contributed by atoms with van der Waals surface area (Å²) in [6.45, 7) is 4.49. The average molecular weight is 320 g/mol. The highest BCUT2D eigenvalue weighted by atomic mass is 32.1. The first kappa shape index (κ1) is 16.2. The number of hydrogen-bond donors (Lipinski definition) is 2. The maximum atomic E-state index is 11.9. The Morgan fingerprint density at radius 2 is 2.18 bits per heavy atom. The number of hydrogen-bond acceptors (Lipinski definition) is 4. The van der Waals surface area contributed by atoms with Crippen LogP contribution in [0.3, 0.4) is 0 Å². The second kappa shape index (κ2) is 7.74. The third-order valence-corrected chi connectivity index (χ3v) is 3.91. The van der Waals surface area contributed by atoms with Crippen LogP contribution in [0.4, 0.5) is 5.82 Å². The minimum absolute atomic E-state index is 0.0761. The van der Waals surface area contributed by atoms with Crippen molar-refractivity contribution in [2.24, 2.45) is 0 Å².